The third-order valence-corrected chi connectivity index (χ3v) is 3.41. The van der Waals surface area contributed by atoms with E-state index in [4.69, 9.17) is 9.47 Å². The number of aliphatic hydroxyl groups excluding tert-OH is 1. The zero-order valence-electron chi connectivity index (χ0n) is 10.0. The molecule has 0 amide bonds. The summed E-state index contributed by atoms with van der Waals surface area (Å²) in [6.45, 7) is 0.241. The second kappa shape index (κ2) is 5.19. The number of fused-ring (bicyclic) bond motifs is 1. The standard InChI is InChI=1S/C14H12BrNO3/c15-11-3-9(6-16-7-11)4-12(17)10-1-2-13-14(5-10)19-8-18-13/h1-3,5-7,12,17H,4,8H2. The van der Waals surface area contributed by atoms with E-state index in [2.05, 4.69) is 20.9 Å². The molecule has 0 bridgehead atoms. The van der Waals surface area contributed by atoms with Crippen molar-refractivity contribution in [3.05, 3.63) is 52.3 Å². The van der Waals surface area contributed by atoms with Crippen LogP contribution in [-0.2, 0) is 6.42 Å². The van der Waals surface area contributed by atoms with Gasteiger partial charge in [0.25, 0.3) is 0 Å². The molecular weight excluding hydrogens is 310 g/mol. The number of aromatic nitrogens is 1. The van der Waals surface area contributed by atoms with Gasteiger partial charge in [0.2, 0.25) is 6.79 Å². The Morgan fingerprint density at radius 3 is 2.89 bits per heavy atom. The Bertz CT molecular complexity index is 603. The van der Waals surface area contributed by atoms with Crippen LogP contribution in [0.1, 0.15) is 17.2 Å². The van der Waals surface area contributed by atoms with E-state index in [-0.39, 0.29) is 6.79 Å². The molecule has 1 atom stereocenters. The summed E-state index contributed by atoms with van der Waals surface area (Å²) < 4.78 is 11.5. The molecule has 0 aliphatic carbocycles. The minimum absolute atomic E-state index is 0.241. The minimum atomic E-state index is -0.592. The predicted octanol–water partition coefficient (Wildman–Crippen LogP) is 2.85. The Hall–Kier alpha value is -1.59. The summed E-state index contributed by atoms with van der Waals surface area (Å²) in [6, 6.07) is 7.44. The third-order valence-electron chi connectivity index (χ3n) is 2.97. The molecule has 5 heteroatoms. The molecule has 2 heterocycles. The van der Waals surface area contributed by atoms with Crippen LogP contribution in [0.2, 0.25) is 0 Å². The van der Waals surface area contributed by atoms with E-state index in [1.54, 1.807) is 12.4 Å². The summed E-state index contributed by atoms with van der Waals surface area (Å²) in [6.07, 6.45) is 3.38. The molecule has 19 heavy (non-hydrogen) atoms. The molecular formula is C14H12BrNO3. The van der Waals surface area contributed by atoms with Gasteiger partial charge in [-0.05, 0) is 45.3 Å². The van der Waals surface area contributed by atoms with Gasteiger partial charge >= 0.3 is 0 Å². The van der Waals surface area contributed by atoms with Crippen molar-refractivity contribution in [2.45, 2.75) is 12.5 Å². The molecule has 3 rings (SSSR count). The van der Waals surface area contributed by atoms with E-state index in [1.165, 1.54) is 0 Å². The van der Waals surface area contributed by atoms with Gasteiger partial charge in [-0.15, -0.1) is 0 Å². The highest BCUT2D eigenvalue weighted by Gasteiger charge is 2.17. The number of hydrogen-bond donors (Lipinski definition) is 1. The first kappa shape index (κ1) is 12.4. The topological polar surface area (TPSA) is 51.6 Å². The molecule has 0 saturated heterocycles. The van der Waals surface area contributed by atoms with Gasteiger partial charge in [0.15, 0.2) is 11.5 Å². The number of pyridine rings is 1. The van der Waals surface area contributed by atoms with Crippen molar-refractivity contribution in [1.82, 2.24) is 4.98 Å². The summed E-state index contributed by atoms with van der Waals surface area (Å²) in [5.41, 5.74) is 1.78. The molecule has 1 aromatic carbocycles. The van der Waals surface area contributed by atoms with Crippen LogP contribution < -0.4 is 9.47 Å². The fraction of sp³-hybridized carbons (Fsp3) is 0.214. The van der Waals surface area contributed by atoms with Crippen LogP contribution in [0.15, 0.2) is 41.1 Å². The van der Waals surface area contributed by atoms with Crippen LogP contribution in [0.5, 0.6) is 11.5 Å². The lowest BCUT2D eigenvalue weighted by Crippen LogP contribution is -2.02. The van der Waals surface area contributed by atoms with E-state index in [0.717, 1.165) is 21.3 Å². The predicted molar refractivity (Wildman–Crippen MR) is 73.2 cm³/mol. The molecule has 1 aliphatic rings. The first-order valence-electron chi connectivity index (χ1n) is 5.89. The maximum atomic E-state index is 10.3. The normalized spacial score (nSPS) is 14.4. The number of halogens is 1. The first-order chi connectivity index (χ1) is 9.22. The van der Waals surface area contributed by atoms with Gasteiger partial charge < -0.3 is 14.6 Å². The number of nitrogens with zero attached hydrogens (tertiary/aromatic N) is 1. The molecule has 0 fully saturated rings. The molecule has 0 spiro atoms. The highest BCUT2D eigenvalue weighted by Crippen LogP contribution is 2.34. The lowest BCUT2D eigenvalue weighted by atomic mass is 10.0. The van der Waals surface area contributed by atoms with Gasteiger partial charge in [-0.1, -0.05) is 6.07 Å². The summed E-state index contributed by atoms with van der Waals surface area (Å²) in [4.78, 5) is 4.09. The zero-order chi connectivity index (χ0) is 13.2. The monoisotopic (exact) mass is 321 g/mol. The molecule has 0 radical (unpaired) electrons. The van der Waals surface area contributed by atoms with E-state index in [0.29, 0.717) is 12.2 Å². The Kier molecular flexibility index (Phi) is 3.40. The average Bonchev–Trinajstić information content (AvgIpc) is 2.85. The molecule has 98 valence electrons. The maximum Gasteiger partial charge on any atom is 0.231 e. The molecule has 1 unspecified atom stereocenters. The fourth-order valence-electron chi connectivity index (χ4n) is 2.03. The first-order valence-corrected chi connectivity index (χ1v) is 6.69. The fourth-order valence-corrected chi connectivity index (χ4v) is 2.44. The largest absolute Gasteiger partial charge is 0.454 e. The van der Waals surface area contributed by atoms with E-state index in [1.807, 2.05) is 24.3 Å². The number of aliphatic hydroxyl groups is 1. The summed E-state index contributed by atoms with van der Waals surface area (Å²) in [7, 11) is 0. The van der Waals surface area contributed by atoms with Crippen molar-refractivity contribution >= 4 is 15.9 Å². The van der Waals surface area contributed by atoms with Crippen LogP contribution in [0.25, 0.3) is 0 Å². The molecule has 2 aromatic rings. The van der Waals surface area contributed by atoms with Crippen LogP contribution >= 0.6 is 15.9 Å². The van der Waals surface area contributed by atoms with Crippen LogP contribution in [-0.4, -0.2) is 16.9 Å². The lowest BCUT2D eigenvalue weighted by Gasteiger charge is -2.11. The molecule has 0 saturated carbocycles. The Labute approximate surface area is 119 Å². The van der Waals surface area contributed by atoms with Crippen LogP contribution in [0.4, 0.5) is 0 Å². The Balaban J connectivity index is 1.78. The molecule has 1 aromatic heterocycles. The summed E-state index contributed by atoms with van der Waals surface area (Å²) in [5.74, 6) is 1.41. The van der Waals surface area contributed by atoms with Crippen molar-refractivity contribution in [3.63, 3.8) is 0 Å². The lowest BCUT2D eigenvalue weighted by molar-refractivity contribution is 0.171. The number of rotatable bonds is 3. The van der Waals surface area contributed by atoms with Gasteiger partial charge in [-0.3, -0.25) is 4.98 Å². The number of benzene rings is 1. The van der Waals surface area contributed by atoms with Gasteiger partial charge in [0, 0.05) is 23.3 Å². The highest BCUT2D eigenvalue weighted by molar-refractivity contribution is 9.10. The SMILES string of the molecule is OC(Cc1cncc(Br)c1)c1ccc2c(c1)OCO2. The van der Waals surface area contributed by atoms with Gasteiger partial charge in [-0.25, -0.2) is 0 Å². The van der Waals surface area contributed by atoms with Crippen molar-refractivity contribution in [2.75, 3.05) is 6.79 Å². The summed E-state index contributed by atoms with van der Waals surface area (Å²) in [5, 5.41) is 10.3. The second-order valence-corrected chi connectivity index (χ2v) is 5.26. The minimum Gasteiger partial charge on any atom is -0.454 e. The number of hydrogen-bond acceptors (Lipinski definition) is 4. The van der Waals surface area contributed by atoms with E-state index in [9.17, 15) is 5.11 Å². The second-order valence-electron chi connectivity index (χ2n) is 4.34. The van der Waals surface area contributed by atoms with Crippen molar-refractivity contribution in [1.29, 1.82) is 0 Å². The van der Waals surface area contributed by atoms with Gasteiger partial charge in [-0.2, -0.15) is 0 Å². The van der Waals surface area contributed by atoms with Crippen molar-refractivity contribution in [3.8, 4) is 11.5 Å². The van der Waals surface area contributed by atoms with Crippen LogP contribution in [0.3, 0.4) is 0 Å². The molecule has 1 N–H and O–H groups in total. The van der Waals surface area contributed by atoms with E-state index >= 15 is 0 Å². The van der Waals surface area contributed by atoms with Crippen LogP contribution in [0, 0.1) is 0 Å². The van der Waals surface area contributed by atoms with E-state index < -0.39 is 6.10 Å². The smallest absolute Gasteiger partial charge is 0.231 e. The third kappa shape index (κ3) is 2.72. The Morgan fingerprint density at radius 1 is 1.21 bits per heavy atom. The Morgan fingerprint density at radius 2 is 2.05 bits per heavy atom. The van der Waals surface area contributed by atoms with Crippen molar-refractivity contribution < 1.29 is 14.6 Å². The summed E-state index contributed by atoms with van der Waals surface area (Å²) >= 11 is 3.37. The zero-order valence-corrected chi connectivity index (χ0v) is 11.6. The number of ether oxygens (including phenoxy) is 2. The van der Waals surface area contributed by atoms with Crippen molar-refractivity contribution in [2.24, 2.45) is 0 Å². The quantitative estimate of drug-likeness (QED) is 0.944. The van der Waals surface area contributed by atoms with Gasteiger partial charge in [0.1, 0.15) is 0 Å². The van der Waals surface area contributed by atoms with Gasteiger partial charge in [0.05, 0.1) is 6.10 Å². The maximum absolute atomic E-state index is 10.3. The molecule has 1 aliphatic heterocycles. The highest BCUT2D eigenvalue weighted by atomic mass is 79.9. The average molecular weight is 322 g/mol. The molecule has 4 nitrogen and oxygen atoms in total.